The number of rotatable bonds is 10. The summed E-state index contributed by atoms with van der Waals surface area (Å²) in [5.41, 5.74) is 1.23. The summed E-state index contributed by atoms with van der Waals surface area (Å²) in [6.07, 6.45) is 4.39. The van der Waals surface area contributed by atoms with Crippen LogP contribution in [0.5, 0.6) is 11.5 Å². The van der Waals surface area contributed by atoms with Gasteiger partial charge in [0.25, 0.3) is 5.91 Å². The second kappa shape index (κ2) is 12.8. The molecule has 10 nitrogen and oxygen atoms in total. The molecular formula is C32H38N4O6. The lowest BCUT2D eigenvalue weighted by Gasteiger charge is -2.52. The van der Waals surface area contributed by atoms with Crippen molar-refractivity contribution >= 4 is 17.7 Å². The Morgan fingerprint density at radius 2 is 1.76 bits per heavy atom. The standard InChI is InChI=1S/C32H38N4O6/c1-3-4-16-36-30(39)27(28(37)24-13-19-41-21-24)34-31(40)32(36)14-17-35(18-15-32)20-22-5-9-25(10-6-22)42-26-11-7-23(8-12-26)29(38)33-2/h5-13,19,21,27-28,37H,3-4,14-18,20H2,1-2H3,(H,33,38)(H,34,40)/t27-,28-/m1/s1. The van der Waals surface area contributed by atoms with Gasteiger partial charge >= 0.3 is 0 Å². The molecule has 2 aliphatic rings. The first-order valence-corrected chi connectivity index (χ1v) is 14.5. The number of aliphatic hydroxyl groups excluding tert-OH is 1. The summed E-state index contributed by atoms with van der Waals surface area (Å²) < 4.78 is 11.0. The van der Waals surface area contributed by atoms with Gasteiger partial charge in [-0.05, 0) is 67.3 Å². The highest BCUT2D eigenvalue weighted by Crippen LogP contribution is 2.36. The van der Waals surface area contributed by atoms with Gasteiger partial charge in [0.05, 0.1) is 12.5 Å². The Bertz CT molecular complexity index is 1370. The maximum atomic E-state index is 13.7. The summed E-state index contributed by atoms with van der Waals surface area (Å²) in [4.78, 5) is 43.0. The van der Waals surface area contributed by atoms with Crippen LogP contribution in [-0.4, -0.2) is 70.9 Å². The van der Waals surface area contributed by atoms with Gasteiger partial charge < -0.3 is 29.8 Å². The third-order valence-electron chi connectivity index (χ3n) is 8.29. The molecule has 5 rings (SSSR count). The smallest absolute Gasteiger partial charge is 0.251 e. The Kier molecular flexibility index (Phi) is 8.94. The average molecular weight is 575 g/mol. The molecule has 2 aromatic carbocycles. The topological polar surface area (TPSA) is 124 Å². The molecule has 0 unspecified atom stereocenters. The van der Waals surface area contributed by atoms with Gasteiger partial charge in [0, 0.05) is 44.4 Å². The van der Waals surface area contributed by atoms with Gasteiger partial charge in [-0.3, -0.25) is 19.3 Å². The number of furan rings is 1. The molecule has 2 saturated heterocycles. The van der Waals surface area contributed by atoms with Crippen LogP contribution in [0.3, 0.4) is 0 Å². The highest BCUT2D eigenvalue weighted by atomic mass is 16.5. The van der Waals surface area contributed by atoms with Gasteiger partial charge in [0.1, 0.15) is 29.2 Å². The van der Waals surface area contributed by atoms with Crippen molar-refractivity contribution in [2.75, 3.05) is 26.7 Å². The van der Waals surface area contributed by atoms with Crippen LogP contribution in [0.2, 0.25) is 0 Å². The molecule has 0 aliphatic carbocycles. The predicted octanol–water partition coefficient (Wildman–Crippen LogP) is 3.63. The largest absolute Gasteiger partial charge is 0.472 e. The minimum Gasteiger partial charge on any atom is -0.472 e. The van der Waals surface area contributed by atoms with Crippen molar-refractivity contribution in [1.82, 2.24) is 20.4 Å². The fourth-order valence-electron chi connectivity index (χ4n) is 5.78. The molecule has 3 aromatic rings. The maximum absolute atomic E-state index is 13.7. The zero-order chi connectivity index (χ0) is 29.7. The SMILES string of the molecule is CCCCN1C(=O)[C@@H]([C@H](O)c2ccoc2)NC(=O)C12CCN(Cc1ccc(Oc3ccc(C(=O)NC)cc3)cc1)CC2. The van der Waals surface area contributed by atoms with Crippen molar-refractivity contribution < 1.29 is 28.6 Å². The molecule has 1 aromatic heterocycles. The summed E-state index contributed by atoms with van der Waals surface area (Å²) in [6, 6.07) is 15.4. The number of likely N-dealkylation sites (tertiary alicyclic amines) is 1. The van der Waals surface area contributed by atoms with Crippen LogP contribution in [0.4, 0.5) is 0 Å². The monoisotopic (exact) mass is 574 g/mol. The molecule has 2 fully saturated rings. The van der Waals surface area contributed by atoms with Crippen LogP contribution in [0, 0.1) is 0 Å². The zero-order valence-corrected chi connectivity index (χ0v) is 24.0. The lowest BCUT2D eigenvalue weighted by molar-refractivity contribution is -0.164. The fourth-order valence-corrected chi connectivity index (χ4v) is 5.78. The molecule has 0 radical (unpaired) electrons. The lowest BCUT2D eigenvalue weighted by atomic mass is 9.80. The Morgan fingerprint density at radius 1 is 1.10 bits per heavy atom. The van der Waals surface area contributed by atoms with Crippen LogP contribution in [-0.2, 0) is 16.1 Å². The maximum Gasteiger partial charge on any atom is 0.251 e. The highest BCUT2D eigenvalue weighted by molar-refractivity contribution is 6.00. The van der Waals surface area contributed by atoms with Crippen molar-refractivity contribution in [2.45, 2.75) is 56.8 Å². The third kappa shape index (κ3) is 6.05. The quantitative estimate of drug-likeness (QED) is 0.338. The van der Waals surface area contributed by atoms with Crippen molar-refractivity contribution in [1.29, 1.82) is 0 Å². The number of carbonyl (C=O) groups excluding carboxylic acids is 3. The van der Waals surface area contributed by atoms with E-state index >= 15 is 0 Å². The lowest BCUT2D eigenvalue weighted by Crippen LogP contribution is -2.73. The van der Waals surface area contributed by atoms with Gasteiger partial charge in [-0.2, -0.15) is 0 Å². The highest BCUT2D eigenvalue weighted by Gasteiger charge is 2.54. The number of piperidine rings is 1. The molecule has 0 saturated carbocycles. The summed E-state index contributed by atoms with van der Waals surface area (Å²) >= 11 is 0. The molecule has 2 atom stereocenters. The van der Waals surface area contributed by atoms with Gasteiger partial charge in [0.15, 0.2) is 0 Å². The molecule has 10 heteroatoms. The molecule has 3 amide bonds. The van der Waals surface area contributed by atoms with E-state index in [0.29, 0.717) is 61.6 Å². The van der Waals surface area contributed by atoms with Crippen LogP contribution >= 0.6 is 0 Å². The molecule has 2 aliphatic heterocycles. The van der Waals surface area contributed by atoms with Crippen molar-refractivity contribution in [3.05, 3.63) is 83.8 Å². The Hall–Kier alpha value is -4.15. The molecule has 42 heavy (non-hydrogen) atoms. The first kappa shape index (κ1) is 29.3. The minimum absolute atomic E-state index is 0.146. The Labute approximate surface area is 245 Å². The fraction of sp³-hybridized carbons (Fsp3) is 0.406. The number of ether oxygens (including phenoxy) is 1. The van der Waals surface area contributed by atoms with Crippen LogP contribution in [0.15, 0.2) is 71.5 Å². The summed E-state index contributed by atoms with van der Waals surface area (Å²) in [5, 5.41) is 16.3. The van der Waals surface area contributed by atoms with E-state index < -0.39 is 17.7 Å². The average Bonchev–Trinajstić information content (AvgIpc) is 3.56. The molecule has 3 heterocycles. The predicted molar refractivity (Wildman–Crippen MR) is 156 cm³/mol. The third-order valence-corrected chi connectivity index (χ3v) is 8.29. The number of unbranched alkanes of at least 4 members (excludes halogenated alkanes) is 1. The van der Waals surface area contributed by atoms with Crippen LogP contribution < -0.4 is 15.4 Å². The number of piperazine rings is 1. The van der Waals surface area contributed by atoms with Crippen molar-refractivity contribution in [3.8, 4) is 11.5 Å². The number of nitrogens with zero attached hydrogens (tertiary/aromatic N) is 2. The van der Waals surface area contributed by atoms with Gasteiger partial charge in [-0.15, -0.1) is 0 Å². The van der Waals surface area contributed by atoms with E-state index in [1.54, 1.807) is 42.3 Å². The van der Waals surface area contributed by atoms with Crippen molar-refractivity contribution in [3.63, 3.8) is 0 Å². The van der Waals surface area contributed by atoms with E-state index in [9.17, 15) is 19.5 Å². The number of benzene rings is 2. The number of aliphatic hydroxyl groups is 1. The number of amides is 3. The van der Waals surface area contributed by atoms with Crippen LogP contribution in [0.25, 0.3) is 0 Å². The first-order chi connectivity index (χ1) is 20.3. The summed E-state index contributed by atoms with van der Waals surface area (Å²) in [7, 11) is 1.60. The summed E-state index contributed by atoms with van der Waals surface area (Å²) in [6.45, 7) is 4.57. The van der Waals surface area contributed by atoms with Crippen LogP contribution in [0.1, 0.15) is 60.2 Å². The van der Waals surface area contributed by atoms with E-state index in [1.807, 2.05) is 24.3 Å². The molecule has 3 N–H and O–H groups in total. The normalized spacial score (nSPS) is 19.4. The molecule has 222 valence electrons. The second-order valence-corrected chi connectivity index (χ2v) is 11.0. The Balaban J connectivity index is 1.20. The van der Waals surface area contributed by atoms with E-state index in [0.717, 1.165) is 18.4 Å². The van der Waals surface area contributed by atoms with E-state index in [2.05, 4.69) is 22.5 Å². The molecule has 0 bridgehead atoms. The minimum atomic E-state index is -1.17. The van der Waals surface area contributed by atoms with E-state index in [1.165, 1.54) is 12.5 Å². The van der Waals surface area contributed by atoms with E-state index in [-0.39, 0.29) is 17.7 Å². The summed E-state index contributed by atoms with van der Waals surface area (Å²) in [5.74, 6) is 0.746. The number of hydrogen-bond donors (Lipinski definition) is 3. The van der Waals surface area contributed by atoms with Gasteiger partial charge in [-0.25, -0.2) is 0 Å². The van der Waals surface area contributed by atoms with Crippen molar-refractivity contribution in [2.24, 2.45) is 0 Å². The zero-order valence-electron chi connectivity index (χ0n) is 24.0. The molecular weight excluding hydrogens is 536 g/mol. The van der Waals surface area contributed by atoms with E-state index in [4.69, 9.17) is 9.15 Å². The number of nitrogens with one attached hydrogen (secondary N) is 2. The Morgan fingerprint density at radius 3 is 2.36 bits per heavy atom. The van der Waals surface area contributed by atoms with Gasteiger partial charge in [-0.1, -0.05) is 25.5 Å². The number of carbonyl (C=O) groups is 3. The first-order valence-electron chi connectivity index (χ1n) is 14.5. The number of hydrogen-bond acceptors (Lipinski definition) is 7. The van der Waals surface area contributed by atoms with Gasteiger partial charge in [0.2, 0.25) is 11.8 Å². The second-order valence-electron chi connectivity index (χ2n) is 11.0. The molecule has 1 spiro atoms.